The van der Waals surface area contributed by atoms with Crippen molar-refractivity contribution in [3.05, 3.63) is 35.5 Å². The Morgan fingerprint density at radius 2 is 1.86 bits per heavy atom. The van der Waals surface area contributed by atoms with E-state index in [0.717, 1.165) is 31.3 Å². The van der Waals surface area contributed by atoms with Gasteiger partial charge in [-0.25, -0.2) is 4.79 Å². The summed E-state index contributed by atoms with van der Waals surface area (Å²) < 4.78 is 0. The van der Waals surface area contributed by atoms with Gasteiger partial charge in [0.2, 0.25) is 0 Å². The van der Waals surface area contributed by atoms with E-state index in [9.17, 15) is 24.6 Å². The molecule has 3 N–H and O–H groups in total. The highest BCUT2D eigenvalue weighted by molar-refractivity contribution is 5.85. The summed E-state index contributed by atoms with van der Waals surface area (Å²) in [6.45, 7) is 16.1. The van der Waals surface area contributed by atoms with Crippen molar-refractivity contribution in [2.45, 2.75) is 80.1 Å². The highest BCUT2D eigenvalue weighted by atomic mass is 16.4. The minimum absolute atomic E-state index is 0.0650. The van der Waals surface area contributed by atoms with E-state index in [4.69, 9.17) is 5.11 Å². The van der Waals surface area contributed by atoms with Crippen molar-refractivity contribution in [2.24, 2.45) is 52.3 Å². The molecule has 0 aromatic rings. The van der Waals surface area contributed by atoms with Gasteiger partial charge in [-0.2, -0.15) is 0 Å². The molecule has 0 saturated heterocycles. The zero-order valence-corrected chi connectivity index (χ0v) is 22.7. The van der Waals surface area contributed by atoms with Gasteiger partial charge in [0.05, 0.1) is 11.8 Å². The number of carbonyl (C=O) groups is 3. The van der Waals surface area contributed by atoms with Gasteiger partial charge in [0.25, 0.3) is 0 Å². The molecule has 36 heavy (non-hydrogen) atoms. The van der Waals surface area contributed by atoms with Crippen LogP contribution in [-0.2, 0) is 14.4 Å². The van der Waals surface area contributed by atoms with Crippen molar-refractivity contribution in [2.75, 3.05) is 0 Å². The van der Waals surface area contributed by atoms with Crippen molar-refractivity contribution in [1.29, 1.82) is 0 Å². The zero-order valence-electron chi connectivity index (χ0n) is 22.7. The predicted octanol–water partition coefficient (Wildman–Crippen LogP) is 6.44. The Labute approximate surface area is 215 Å². The van der Waals surface area contributed by atoms with Crippen LogP contribution in [0.15, 0.2) is 35.5 Å². The average molecular weight is 501 g/mol. The third-order valence-electron chi connectivity index (χ3n) is 10.0. The summed E-state index contributed by atoms with van der Waals surface area (Å²) in [5.41, 5.74) is 0.974. The summed E-state index contributed by atoms with van der Waals surface area (Å²) in [6, 6.07) is 0. The van der Waals surface area contributed by atoms with Crippen LogP contribution in [0.5, 0.6) is 0 Å². The van der Waals surface area contributed by atoms with E-state index >= 15 is 0 Å². The number of fused-ring (bicyclic) bond motifs is 3. The third kappa shape index (κ3) is 4.92. The molecule has 0 amide bonds. The summed E-state index contributed by atoms with van der Waals surface area (Å²) in [5, 5.41) is 29.0. The Balaban J connectivity index is 1.91. The summed E-state index contributed by atoms with van der Waals surface area (Å²) in [5.74, 6) is -1.09. The second-order valence-electron chi connectivity index (χ2n) is 12.6. The number of carboxylic acid groups (broad SMARTS) is 3. The molecule has 0 aromatic carbocycles. The second-order valence-corrected chi connectivity index (χ2v) is 12.6. The molecule has 3 rings (SSSR count). The fourth-order valence-corrected chi connectivity index (χ4v) is 7.99. The molecule has 200 valence electrons. The Bertz CT molecular complexity index is 987. The standard InChI is InChI=1S/C30H44O6/c1-16(9-8-10-17(2)27(33)34)20-11-12-21-22(19(20)4)14-23-26(21)18(3)13-24(29(5,6)28(35)36)30(23,7)15-25(31)32/h10,14,16,18,20-22,24,26H,4,8-9,11-13,15H2,1-3,5-7H3,(H,31,32)(H,33,34)(H,35,36)/b17-10-/t16-,18-,20-,21?,22+,24+,26+,30-/m1/s1. The van der Waals surface area contributed by atoms with E-state index in [1.165, 1.54) is 5.57 Å². The van der Waals surface area contributed by atoms with Gasteiger partial charge in [0.1, 0.15) is 0 Å². The second kappa shape index (κ2) is 10.2. The lowest BCUT2D eigenvalue weighted by Gasteiger charge is -2.54. The summed E-state index contributed by atoms with van der Waals surface area (Å²) in [4.78, 5) is 35.4. The topological polar surface area (TPSA) is 112 Å². The SMILES string of the molecule is C=C1[C@@H]2C=C3[C@H](C2CC[C@@H]1[C@H](C)CC/C=C(/C)C(=O)O)[C@H](C)C[C@@H](C(C)(C)C(=O)O)[C@]3(C)CC(=O)O. The first-order valence-corrected chi connectivity index (χ1v) is 13.4. The molecular formula is C30H44O6. The Morgan fingerprint density at radius 1 is 1.22 bits per heavy atom. The van der Waals surface area contributed by atoms with Crippen molar-refractivity contribution in [3.63, 3.8) is 0 Å². The number of rotatable bonds is 9. The van der Waals surface area contributed by atoms with Crippen LogP contribution in [0.3, 0.4) is 0 Å². The molecule has 0 radical (unpaired) electrons. The Morgan fingerprint density at radius 3 is 2.42 bits per heavy atom. The van der Waals surface area contributed by atoms with Gasteiger partial charge in [-0.15, -0.1) is 0 Å². The first kappa shape index (κ1) is 28.2. The van der Waals surface area contributed by atoms with E-state index in [0.29, 0.717) is 29.7 Å². The number of hydrogen-bond acceptors (Lipinski definition) is 3. The minimum Gasteiger partial charge on any atom is -0.481 e. The molecule has 3 aliphatic carbocycles. The summed E-state index contributed by atoms with van der Waals surface area (Å²) in [6.07, 6.45) is 8.42. The van der Waals surface area contributed by atoms with Crippen LogP contribution >= 0.6 is 0 Å². The number of carboxylic acids is 3. The number of allylic oxidation sites excluding steroid dienone is 4. The van der Waals surface area contributed by atoms with Crippen LogP contribution in [0.1, 0.15) is 80.1 Å². The van der Waals surface area contributed by atoms with Gasteiger partial charge in [0.15, 0.2) is 0 Å². The molecule has 0 aliphatic heterocycles. The van der Waals surface area contributed by atoms with E-state index in [-0.39, 0.29) is 30.1 Å². The summed E-state index contributed by atoms with van der Waals surface area (Å²) in [7, 11) is 0. The molecule has 0 spiro atoms. The lowest BCUT2D eigenvalue weighted by atomic mass is 9.49. The van der Waals surface area contributed by atoms with Gasteiger partial charge < -0.3 is 15.3 Å². The zero-order chi connectivity index (χ0) is 27.2. The molecule has 6 nitrogen and oxygen atoms in total. The molecule has 1 unspecified atom stereocenters. The summed E-state index contributed by atoms with van der Waals surface area (Å²) >= 11 is 0. The van der Waals surface area contributed by atoms with E-state index in [1.54, 1.807) is 26.8 Å². The molecule has 2 saturated carbocycles. The lowest BCUT2D eigenvalue weighted by Crippen LogP contribution is -2.51. The highest BCUT2D eigenvalue weighted by Crippen LogP contribution is 2.65. The van der Waals surface area contributed by atoms with E-state index in [1.807, 2.05) is 6.92 Å². The maximum atomic E-state index is 12.3. The largest absolute Gasteiger partial charge is 0.481 e. The Hall–Kier alpha value is -2.37. The average Bonchev–Trinajstić information content (AvgIpc) is 3.17. The van der Waals surface area contributed by atoms with E-state index in [2.05, 4.69) is 26.5 Å². The smallest absolute Gasteiger partial charge is 0.330 e. The molecule has 6 heteroatoms. The number of aliphatic carboxylic acids is 3. The van der Waals surface area contributed by atoms with Gasteiger partial charge in [-0.05, 0) is 88.4 Å². The monoisotopic (exact) mass is 500 g/mol. The van der Waals surface area contributed by atoms with Crippen molar-refractivity contribution in [3.8, 4) is 0 Å². The predicted molar refractivity (Wildman–Crippen MR) is 139 cm³/mol. The van der Waals surface area contributed by atoms with Gasteiger partial charge in [0, 0.05) is 16.9 Å². The molecule has 3 aliphatic rings. The molecule has 2 fully saturated rings. The Kier molecular flexibility index (Phi) is 7.98. The van der Waals surface area contributed by atoms with Crippen LogP contribution in [0.25, 0.3) is 0 Å². The van der Waals surface area contributed by atoms with Crippen LogP contribution < -0.4 is 0 Å². The number of hydrogen-bond donors (Lipinski definition) is 3. The minimum atomic E-state index is -1.03. The normalized spacial score (nSPS) is 35.4. The maximum absolute atomic E-state index is 12.3. The van der Waals surface area contributed by atoms with Crippen molar-refractivity contribution in [1.82, 2.24) is 0 Å². The third-order valence-corrected chi connectivity index (χ3v) is 10.0. The fourth-order valence-electron chi connectivity index (χ4n) is 7.99. The fraction of sp³-hybridized carbons (Fsp3) is 0.700. The van der Waals surface area contributed by atoms with Crippen molar-refractivity contribution >= 4 is 17.9 Å². The van der Waals surface area contributed by atoms with Gasteiger partial charge >= 0.3 is 17.9 Å². The first-order chi connectivity index (χ1) is 16.6. The molecule has 8 atom stereocenters. The van der Waals surface area contributed by atoms with Gasteiger partial charge in [-0.3, -0.25) is 9.59 Å². The maximum Gasteiger partial charge on any atom is 0.330 e. The molecule has 0 aromatic heterocycles. The van der Waals surface area contributed by atoms with Crippen LogP contribution in [-0.4, -0.2) is 33.2 Å². The van der Waals surface area contributed by atoms with Crippen LogP contribution in [0.4, 0.5) is 0 Å². The van der Waals surface area contributed by atoms with E-state index < -0.39 is 28.7 Å². The highest BCUT2D eigenvalue weighted by Gasteiger charge is 2.59. The quantitative estimate of drug-likeness (QED) is 0.248. The van der Waals surface area contributed by atoms with Crippen LogP contribution in [0, 0.1) is 52.3 Å². The van der Waals surface area contributed by atoms with Crippen molar-refractivity contribution < 1.29 is 29.7 Å². The molecule has 0 heterocycles. The molecule has 0 bridgehead atoms. The lowest BCUT2D eigenvalue weighted by molar-refractivity contribution is -0.158. The molecular weight excluding hydrogens is 456 g/mol. The van der Waals surface area contributed by atoms with Gasteiger partial charge in [-0.1, -0.05) is 50.6 Å². The van der Waals surface area contributed by atoms with Crippen LogP contribution in [0.2, 0.25) is 0 Å². The first-order valence-electron chi connectivity index (χ1n) is 13.4.